The van der Waals surface area contributed by atoms with Crippen LogP contribution >= 0.6 is 0 Å². The van der Waals surface area contributed by atoms with Gasteiger partial charge in [0, 0.05) is 25.2 Å². The number of carboxylic acid groups (broad SMARTS) is 1. The first-order valence-corrected chi connectivity index (χ1v) is 8.15. The highest BCUT2D eigenvalue weighted by molar-refractivity contribution is 7.89. The minimum Gasteiger partial charge on any atom is -0.481 e. The van der Waals surface area contributed by atoms with Crippen molar-refractivity contribution in [3.05, 3.63) is 39.9 Å². The lowest BCUT2D eigenvalue weighted by Gasteiger charge is -2.19. The molecule has 0 spiro atoms. The van der Waals surface area contributed by atoms with Crippen LogP contribution in [0.15, 0.2) is 24.3 Å². The zero-order valence-electron chi connectivity index (χ0n) is 12.3. The van der Waals surface area contributed by atoms with Gasteiger partial charge in [0.1, 0.15) is 0 Å². The maximum absolute atomic E-state index is 12.1. The Balaban J connectivity index is 2.78. The molecule has 0 aliphatic heterocycles. The number of rotatable bonds is 8. The van der Waals surface area contributed by atoms with E-state index in [1.807, 2.05) is 0 Å². The largest absolute Gasteiger partial charge is 0.481 e. The molecule has 1 N–H and O–H groups in total. The number of sulfonamides is 1. The summed E-state index contributed by atoms with van der Waals surface area (Å²) < 4.78 is 25.2. The molecular formula is C13H18N2O6S. The molecule has 1 aromatic rings. The van der Waals surface area contributed by atoms with Gasteiger partial charge in [0.15, 0.2) is 0 Å². The van der Waals surface area contributed by atoms with Crippen molar-refractivity contribution in [1.82, 2.24) is 4.31 Å². The molecule has 0 aliphatic rings. The van der Waals surface area contributed by atoms with E-state index in [4.69, 9.17) is 5.11 Å². The van der Waals surface area contributed by atoms with E-state index in [-0.39, 0.29) is 24.4 Å². The SMILES string of the molecule is CC(CN(C)S(=O)(=O)CCc1ccccc1[N+](=O)[O-])C(=O)O. The molecular weight excluding hydrogens is 312 g/mol. The van der Waals surface area contributed by atoms with E-state index >= 15 is 0 Å². The third-order valence-corrected chi connectivity index (χ3v) is 5.06. The number of nitro groups is 1. The van der Waals surface area contributed by atoms with Crippen LogP contribution in [0.4, 0.5) is 5.69 Å². The van der Waals surface area contributed by atoms with Gasteiger partial charge in [-0.2, -0.15) is 0 Å². The van der Waals surface area contributed by atoms with Gasteiger partial charge < -0.3 is 5.11 Å². The van der Waals surface area contributed by atoms with Crippen molar-refractivity contribution >= 4 is 21.7 Å². The van der Waals surface area contributed by atoms with E-state index in [9.17, 15) is 23.3 Å². The number of aryl methyl sites for hydroxylation is 1. The van der Waals surface area contributed by atoms with Crippen LogP contribution in [0.1, 0.15) is 12.5 Å². The number of nitrogens with zero attached hydrogens (tertiary/aromatic N) is 2. The van der Waals surface area contributed by atoms with Crippen LogP contribution in [0.3, 0.4) is 0 Å². The van der Waals surface area contributed by atoms with Gasteiger partial charge in [-0.15, -0.1) is 0 Å². The predicted octanol–water partition coefficient (Wildman–Crippen LogP) is 1.12. The number of aliphatic carboxylic acids is 1. The lowest BCUT2D eigenvalue weighted by molar-refractivity contribution is -0.385. The van der Waals surface area contributed by atoms with Gasteiger partial charge in [-0.1, -0.05) is 25.1 Å². The fourth-order valence-electron chi connectivity index (χ4n) is 1.87. The fourth-order valence-corrected chi connectivity index (χ4v) is 3.11. The Morgan fingerprint density at radius 2 is 2.00 bits per heavy atom. The normalized spacial score (nSPS) is 13.0. The molecule has 0 fully saturated rings. The van der Waals surface area contributed by atoms with Gasteiger partial charge in [-0.25, -0.2) is 12.7 Å². The molecule has 8 nitrogen and oxygen atoms in total. The molecule has 1 atom stereocenters. The van der Waals surface area contributed by atoms with Gasteiger partial charge in [0.2, 0.25) is 10.0 Å². The van der Waals surface area contributed by atoms with Crippen LogP contribution in [0, 0.1) is 16.0 Å². The second kappa shape index (κ2) is 7.32. The monoisotopic (exact) mass is 330 g/mol. The quantitative estimate of drug-likeness (QED) is 0.563. The highest BCUT2D eigenvalue weighted by Crippen LogP contribution is 2.19. The van der Waals surface area contributed by atoms with Gasteiger partial charge in [-0.3, -0.25) is 14.9 Å². The summed E-state index contributed by atoms with van der Waals surface area (Å²) >= 11 is 0. The minimum atomic E-state index is -3.68. The summed E-state index contributed by atoms with van der Waals surface area (Å²) in [6.45, 7) is 1.27. The third kappa shape index (κ3) is 4.78. The summed E-state index contributed by atoms with van der Waals surface area (Å²) in [6.07, 6.45) is -0.00865. The first-order chi connectivity index (χ1) is 10.1. The molecule has 1 rings (SSSR count). The Labute approximate surface area is 128 Å². The van der Waals surface area contributed by atoms with Crippen molar-refractivity contribution in [3.8, 4) is 0 Å². The molecule has 122 valence electrons. The molecule has 22 heavy (non-hydrogen) atoms. The first-order valence-electron chi connectivity index (χ1n) is 6.54. The highest BCUT2D eigenvalue weighted by Gasteiger charge is 2.24. The number of nitro benzene ring substituents is 1. The first kappa shape index (κ1) is 18.1. The van der Waals surface area contributed by atoms with E-state index in [1.54, 1.807) is 6.07 Å². The average molecular weight is 330 g/mol. The topological polar surface area (TPSA) is 118 Å². The highest BCUT2D eigenvalue weighted by atomic mass is 32.2. The molecule has 1 unspecified atom stereocenters. The number of carboxylic acids is 1. The number of benzene rings is 1. The zero-order chi connectivity index (χ0) is 16.9. The molecule has 0 saturated carbocycles. The number of hydrogen-bond donors (Lipinski definition) is 1. The molecule has 0 aromatic heterocycles. The van der Waals surface area contributed by atoms with E-state index in [1.165, 1.54) is 32.2 Å². The minimum absolute atomic E-state index is 0.00865. The van der Waals surface area contributed by atoms with Crippen LogP contribution in [0.5, 0.6) is 0 Å². The van der Waals surface area contributed by atoms with Crippen molar-refractivity contribution < 1.29 is 23.2 Å². The van der Waals surface area contributed by atoms with Crippen LogP contribution in [0.25, 0.3) is 0 Å². The van der Waals surface area contributed by atoms with E-state index in [2.05, 4.69) is 0 Å². The van der Waals surface area contributed by atoms with Crippen molar-refractivity contribution in [3.63, 3.8) is 0 Å². The molecule has 0 aliphatic carbocycles. The number of hydrogen-bond acceptors (Lipinski definition) is 5. The number of carbonyl (C=O) groups is 1. The average Bonchev–Trinajstić information content (AvgIpc) is 2.45. The zero-order valence-corrected chi connectivity index (χ0v) is 13.1. The van der Waals surface area contributed by atoms with Crippen molar-refractivity contribution in [1.29, 1.82) is 0 Å². The van der Waals surface area contributed by atoms with Gasteiger partial charge in [-0.05, 0) is 6.42 Å². The fraction of sp³-hybridized carbons (Fsp3) is 0.462. The van der Waals surface area contributed by atoms with Crippen molar-refractivity contribution in [2.24, 2.45) is 5.92 Å². The summed E-state index contributed by atoms with van der Waals surface area (Å²) in [4.78, 5) is 21.1. The van der Waals surface area contributed by atoms with E-state index < -0.39 is 26.8 Å². The van der Waals surface area contributed by atoms with Gasteiger partial charge in [0.05, 0.1) is 16.6 Å². The maximum atomic E-state index is 12.1. The molecule has 0 heterocycles. The summed E-state index contributed by atoms with van der Waals surface area (Å²) in [5, 5.41) is 19.7. The predicted molar refractivity (Wildman–Crippen MR) is 80.0 cm³/mol. The van der Waals surface area contributed by atoms with Crippen LogP contribution < -0.4 is 0 Å². The lowest BCUT2D eigenvalue weighted by atomic mass is 10.1. The Morgan fingerprint density at radius 1 is 1.41 bits per heavy atom. The summed E-state index contributed by atoms with van der Waals surface area (Å²) in [5.74, 6) is -2.23. The summed E-state index contributed by atoms with van der Waals surface area (Å²) in [5.41, 5.74) is 0.204. The molecule has 1 aromatic carbocycles. The second-order valence-corrected chi connectivity index (χ2v) is 7.17. The maximum Gasteiger partial charge on any atom is 0.307 e. The molecule has 9 heteroatoms. The Hall–Kier alpha value is -2.00. The molecule has 0 saturated heterocycles. The van der Waals surface area contributed by atoms with Gasteiger partial charge >= 0.3 is 5.97 Å². The van der Waals surface area contributed by atoms with Crippen LogP contribution in [-0.4, -0.2) is 48.1 Å². The summed E-state index contributed by atoms with van der Waals surface area (Å²) in [6, 6.07) is 5.94. The molecule has 0 radical (unpaired) electrons. The van der Waals surface area contributed by atoms with Crippen LogP contribution in [0.2, 0.25) is 0 Å². The Kier molecular flexibility index (Phi) is 6.01. The summed E-state index contributed by atoms with van der Waals surface area (Å²) in [7, 11) is -2.38. The molecule has 0 bridgehead atoms. The molecule has 0 amide bonds. The van der Waals surface area contributed by atoms with Crippen molar-refractivity contribution in [2.45, 2.75) is 13.3 Å². The Bertz CT molecular complexity index is 658. The standard InChI is InChI=1S/C13H18N2O6S/c1-10(13(16)17)9-14(2)22(20,21)8-7-11-5-3-4-6-12(11)15(18)19/h3-6,10H,7-9H2,1-2H3,(H,16,17). The lowest BCUT2D eigenvalue weighted by Crippen LogP contribution is -2.35. The second-order valence-electron chi connectivity index (χ2n) is 4.97. The van der Waals surface area contributed by atoms with Crippen LogP contribution in [-0.2, 0) is 21.2 Å². The smallest absolute Gasteiger partial charge is 0.307 e. The van der Waals surface area contributed by atoms with E-state index in [0.717, 1.165) is 4.31 Å². The Morgan fingerprint density at radius 3 is 2.55 bits per heavy atom. The number of para-hydroxylation sites is 1. The van der Waals surface area contributed by atoms with E-state index in [0.29, 0.717) is 5.56 Å². The van der Waals surface area contributed by atoms with Gasteiger partial charge in [0.25, 0.3) is 5.69 Å². The third-order valence-electron chi connectivity index (χ3n) is 3.25. The van der Waals surface area contributed by atoms with Crippen molar-refractivity contribution in [2.75, 3.05) is 19.3 Å².